The highest BCUT2D eigenvalue weighted by Gasteiger charge is 2.05. The Morgan fingerprint density at radius 2 is 1.72 bits per heavy atom. The number of carbonyl (C=O) groups excluding carboxylic acids is 1. The second-order valence-electron chi connectivity index (χ2n) is 5.60. The molecule has 0 aliphatic heterocycles. The van der Waals surface area contributed by atoms with Gasteiger partial charge in [0.15, 0.2) is 0 Å². The Balaban J connectivity index is 1.62. The first-order valence-corrected chi connectivity index (χ1v) is 9.12. The molecule has 2 aromatic rings. The predicted octanol–water partition coefficient (Wildman–Crippen LogP) is 4.19. The van der Waals surface area contributed by atoms with E-state index < -0.39 is 6.61 Å². The summed E-state index contributed by atoms with van der Waals surface area (Å²) < 4.78 is 28.4. The van der Waals surface area contributed by atoms with Crippen molar-refractivity contribution < 1.29 is 18.3 Å². The molecule has 0 saturated heterocycles. The third kappa shape index (κ3) is 7.56. The minimum absolute atomic E-state index is 0.00485. The summed E-state index contributed by atoms with van der Waals surface area (Å²) in [7, 11) is 0. The molecule has 2 aromatic carbocycles. The fraction of sp³-hybridized carbons (Fsp3) is 0.316. The van der Waals surface area contributed by atoms with E-state index in [1.165, 1.54) is 23.3 Å². The number of rotatable bonds is 9. The highest BCUT2D eigenvalue weighted by Crippen LogP contribution is 2.15. The van der Waals surface area contributed by atoms with Crippen LogP contribution in [0.4, 0.5) is 8.78 Å². The van der Waals surface area contributed by atoms with Crippen molar-refractivity contribution in [3.63, 3.8) is 0 Å². The van der Waals surface area contributed by atoms with Gasteiger partial charge in [-0.1, -0.05) is 42.0 Å². The minimum atomic E-state index is -2.82. The smallest absolute Gasteiger partial charge is 0.387 e. The van der Waals surface area contributed by atoms with Crippen LogP contribution in [0.3, 0.4) is 0 Å². The molecule has 0 spiro atoms. The van der Waals surface area contributed by atoms with Crippen LogP contribution >= 0.6 is 11.8 Å². The van der Waals surface area contributed by atoms with Gasteiger partial charge in [-0.05, 0) is 36.6 Å². The van der Waals surface area contributed by atoms with E-state index in [1.807, 2.05) is 6.92 Å². The molecule has 0 saturated carbocycles. The van der Waals surface area contributed by atoms with Crippen LogP contribution in [-0.4, -0.2) is 24.8 Å². The van der Waals surface area contributed by atoms with Crippen molar-refractivity contribution in [3.8, 4) is 5.75 Å². The van der Waals surface area contributed by atoms with Crippen LogP contribution in [0.1, 0.15) is 16.7 Å². The van der Waals surface area contributed by atoms with Crippen LogP contribution in [0.2, 0.25) is 0 Å². The lowest BCUT2D eigenvalue weighted by atomic mass is 10.1. The zero-order chi connectivity index (χ0) is 18.1. The summed E-state index contributed by atoms with van der Waals surface area (Å²) in [6.07, 6.45) is 0.642. The average Bonchev–Trinajstić information content (AvgIpc) is 2.58. The molecule has 3 nitrogen and oxygen atoms in total. The second-order valence-corrected chi connectivity index (χ2v) is 6.59. The van der Waals surface area contributed by atoms with Gasteiger partial charge < -0.3 is 10.1 Å². The van der Waals surface area contributed by atoms with E-state index in [1.54, 1.807) is 23.9 Å². The van der Waals surface area contributed by atoms with E-state index in [0.29, 0.717) is 18.7 Å². The number of thioether (sulfide) groups is 1. The molecule has 0 aliphatic carbocycles. The molecule has 0 radical (unpaired) electrons. The van der Waals surface area contributed by atoms with Gasteiger partial charge in [-0.25, -0.2) is 0 Å². The Morgan fingerprint density at radius 3 is 2.36 bits per heavy atom. The molecule has 0 fully saturated rings. The summed E-state index contributed by atoms with van der Waals surface area (Å²) in [4.78, 5) is 11.8. The third-order valence-corrected chi connectivity index (χ3v) is 4.51. The molecule has 134 valence electrons. The maximum atomic E-state index is 12.1. The largest absolute Gasteiger partial charge is 0.435 e. The normalized spacial score (nSPS) is 10.7. The molecule has 1 amide bonds. The lowest BCUT2D eigenvalue weighted by Crippen LogP contribution is -2.27. The third-order valence-electron chi connectivity index (χ3n) is 3.51. The highest BCUT2D eigenvalue weighted by molar-refractivity contribution is 7.99. The van der Waals surface area contributed by atoms with Crippen molar-refractivity contribution >= 4 is 17.7 Å². The Hall–Kier alpha value is -2.08. The predicted molar refractivity (Wildman–Crippen MR) is 97.1 cm³/mol. The van der Waals surface area contributed by atoms with E-state index in [2.05, 4.69) is 34.3 Å². The van der Waals surface area contributed by atoms with Gasteiger partial charge in [0.2, 0.25) is 5.91 Å². The zero-order valence-electron chi connectivity index (χ0n) is 14.0. The van der Waals surface area contributed by atoms with E-state index in [0.717, 1.165) is 11.3 Å². The topological polar surface area (TPSA) is 38.3 Å². The number of hydrogen-bond acceptors (Lipinski definition) is 3. The number of ether oxygens (including phenoxy) is 1. The summed E-state index contributed by atoms with van der Waals surface area (Å²) in [5.41, 5.74) is 3.38. The van der Waals surface area contributed by atoms with Gasteiger partial charge in [-0.2, -0.15) is 8.78 Å². The van der Waals surface area contributed by atoms with Crippen LogP contribution in [0, 0.1) is 6.92 Å². The first kappa shape index (κ1) is 19.2. The van der Waals surface area contributed by atoms with Crippen molar-refractivity contribution in [2.45, 2.75) is 25.7 Å². The molecule has 1 N–H and O–H groups in total. The number of hydrogen-bond donors (Lipinski definition) is 1. The first-order chi connectivity index (χ1) is 12.0. The fourth-order valence-electron chi connectivity index (χ4n) is 2.18. The van der Waals surface area contributed by atoms with Gasteiger partial charge in [-0.15, -0.1) is 11.8 Å². The van der Waals surface area contributed by atoms with Crippen LogP contribution in [0.15, 0.2) is 48.5 Å². The molecular formula is C19H21F2NO2S. The van der Waals surface area contributed by atoms with Gasteiger partial charge in [0.25, 0.3) is 0 Å². The molecule has 2 rings (SSSR count). The number of aryl methyl sites for hydroxylation is 1. The van der Waals surface area contributed by atoms with E-state index in [4.69, 9.17) is 0 Å². The van der Waals surface area contributed by atoms with Gasteiger partial charge in [0.1, 0.15) is 5.75 Å². The second kappa shape index (κ2) is 10.0. The summed E-state index contributed by atoms with van der Waals surface area (Å²) in [6, 6.07) is 14.7. The first-order valence-electron chi connectivity index (χ1n) is 7.96. The lowest BCUT2D eigenvalue weighted by molar-refractivity contribution is -0.118. The van der Waals surface area contributed by atoms with Gasteiger partial charge in [-0.3, -0.25) is 4.79 Å². The van der Waals surface area contributed by atoms with Gasteiger partial charge in [0.05, 0.1) is 5.75 Å². The maximum Gasteiger partial charge on any atom is 0.387 e. The maximum absolute atomic E-state index is 12.1. The van der Waals surface area contributed by atoms with Crippen LogP contribution in [-0.2, 0) is 17.0 Å². The van der Waals surface area contributed by atoms with Gasteiger partial charge >= 0.3 is 6.61 Å². The Labute approximate surface area is 150 Å². The number of carbonyl (C=O) groups is 1. The summed E-state index contributed by atoms with van der Waals surface area (Å²) >= 11 is 1.57. The van der Waals surface area contributed by atoms with Crippen LogP contribution in [0.25, 0.3) is 0 Å². The van der Waals surface area contributed by atoms with Crippen molar-refractivity contribution in [2.24, 2.45) is 0 Å². The fourth-order valence-corrected chi connectivity index (χ4v) is 3.00. The highest BCUT2D eigenvalue weighted by atomic mass is 32.2. The molecule has 0 bridgehead atoms. The Kier molecular flexibility index (Phi) is 7.73. The SMILES string of the molecule is Cc1ccc(CSCC(=O)NCCc2ccc(OC(F)F)cc2)cc1. The molecule has 0 unspecified atom stereocenters. The van der Waals surface area contributed by atoms with Crippen LogP contribution < -0.4 is 10.1 Å². The summed E-state index contributed by atoms with van der Waals surface area (Å²) in [5.74, 6) is 1.35. The van der Waals surface area contributed by atoms with Crippen molar-refractivity contribution in [1.29, 1.82) is 0 Å². The summed E-state index contributed by atoms with van der Waals surface area (Å²) in [6.45, 7) is -0.259. The zero-order valence-corrected chi connectivity index (χ0v) is 14.8. The van der Waals surface area contributed by atoms with Crippen molar-refractivity contribution in [2.75, 3.05) is 12.3 Å². The lowest BCUT2D eigenvalue weighted by Gasteiger charge is -2.07. The van der Waals surface area contributed by atoms with Crippen LogP contribution in [0.5, 0.6) is 5.75 Å². The van der Waals surface area contributed by atoms with Gasteiger partial charge in [0, 0.05) is 12.3 Å². The van der Waals surface area contributed by atoms with E-state index >= 15 is 0 Å². The number of halogens is 2. The van der Waals surface area contributed by atoms with E-state index in [-0.39, 0.29) is 11.7 Å². The number of alkyl halides is 2. The Bertz CT molecular complexity index is 660. The minimum Gasteiger partial charge on any atom is -0.435 e. The number of amides is 1. The quantitative estimate of drug-likeness (QED) is 0.724. The monoisotopic (exact) mass is 365 g/mol. The van der Waals surface area contributed by atoms with E-state index in [9.17, 15) is 13.6 Å². The Morgan fingerprint density at radius 1 is 1.08 bits per heavy atom. The molecule has 0 heterocycles. The average molecular weight is 365 g/mol. The molecular weight excluding hydrogens is 344 g/mol. The molecule has 0 aromatic heterocycles. The summed E-state index contributed by atoms with van der Waals surface area (Å²) in [5, 5.41) is 2.86. The number of benzene rings is 2. The number of nitrogens with one attached hydrogen (secondary N) is 1. The van der Waals surface area contributed by atoms with Crippen molar-refractivity contribution in [1.82, 2.24) is 5.32 Å². The van der Waals surface area contributed by atoms with Crippen molar-refractivity contribution in [3.05, 3.63) is 65.2 Å². The molecule has 25 heavy (non-hydrogen) atoms. The molecule has 0 aliphatic rings. The molecule has 6 heteroatoms. The standard InChI is InChI=1S/C19H21F2NO2S/c1-14-2-4-16(5-3-14)12-25-13-18(23)22-11-10-15-6-8-17(9-7-15)24-19(20)21/h2-9,19H,10-13H2,1H3,(H,22,23). The molecule has 0 atom stereocenters.